The van der Waals surface area contributed by atoms with Crippen LogP contribution in [0.5, 0.6) is 0 Å². The zero-order valence-corrected chi connectivity index (χ0v) is 10.1. The minimum absolute atomic E-state index is 0.0269. The third-order valence-corrected chi connectivity index (χ3v) is 3.66. The lowest BCUT2D eigenvalue weighted by Gasteiger charge is -2.37. The Morgan fingerprint density at radius 2 is 2.20 bits per heavy atom. The van der Waals surface area contributed by atoms with Gasteiger partial charge in [0.2, 0.25) is 5.91 Å². The maximum atomic E-state index is 11.4. The highest BCUT2D eigenvalue weighted by Gasteiger charge is 2.34. The van der Waals surface area contributed by atoms with Gasteiger partial charge >= 0.3 is 0 Å². The number of nitrogens with one attached hydrogen (secondary N) is 1. The summed E-state index contributed by atoms with van der Waals surface area (Å²) >= 11 is 0. The zero-order chi connectivity index (χ0) is 11.3. The van der Waals surface area contributed by atoms with Crippen LogP contribution in [0.3, 0.4) is 0 Å². The zero-order valence-electron chi connectivity index (χ0n) is 9.25. The molecule has 0 aromatic rings. The molecule has 4 nitrogen and oxygen atoms in total. The van der Waals surface area contributed by atoms with Gasteiger partial charge in [-0.25, -0.2) is 0 Å². The number of hydrogen-bond donors (Lipinski definition) is 2. The molecule has 1 atom stereocenters. The number of carbonyl (C=O) groups is 1. The third-order valence-electron chi connectivity index (χ3n) is 2.79. The summed E-state index contributed by atoms with van der Waals surface area (Å²) in [6.07, 6.45) is 5.93. The maximum Gasteiger partial charge on any atom is 0.221 e. The van der Waals surface area contributed by atoms with E-state index in [1.54, 1.807) is 6.26 Å². The molecule has 15 heavy (non-hydrogen) atoms. The van der Waals surface area contributed by atoms with Crippen molar-refractivity contribution in [1.82, 2.24) is 5.32 Å². The highest BCUT2D eigenvalue weighted by molar-refractivity contribution is 7.84. The monoisotopic (exact) mass is 232 g/mol. The summed E-state index contributed by atoms with van der Waals surface area (Å²) in [6, 6.07) is 0. The van der Waals surface area contributed by atoms with Crippen LogP contribution in [0.2, 0.25) is 0 Å². The molecule has 0 spiro atoms. The summed E-state index contributed by atoms with van der Waals surface area (Å²) in [5, 5.41) is 2.81. The van der Waals surface area contributed by atoms with Crippen LogP contribution in [-0.2, 0) is 15.6 Å². The lowest BCUT2D eigenvalue weighted by molar-refractivity contribution is -0.122. The fourth-order valence-corrected chi connectivity index (χ4v) is 2.24. The number of hydrogen-bond acceptors (Lipinski definition) is 3. The smallest absolute Gasteiger partial charge is 0.221 e. The van der Waals surface area contributed by atoms with Gasteiger partial charge in [-0.3, -0.25) is 9.00 Å². The Morgan fingerprint density at radius 3 is 2.67 bits per heavy atom. The van der Waals surface area contributed by atoms with E-state index in [1.165, 1.54) is 0 Å². The highest BCUT2D eigenvalue weighted by atomic mass is 32.2. The van der Waals surface area contributed by atoms with E-state index in [0.717, 1.165) is 25.7 Å². The Kier molecular flexibility index (Phi) is 4.73. The first kappa shape index (κ1) is 12.6. The normalized spacial score (nSPS) is 20.4. The average Bonchev–Trinajstić information content (AvgIpc) is 2.09. The van der Waals surface area contributed by atoms with Crippen molar-refractivity contribution in [2.24, 2.45) is 5.73 Å². The molecule has 0 saturated heterocycles. The lowest BCUT2D eigenvalue weighted by Crippen LogP contribution is -2.50. The van der Waals surface area contributed by atoms with Gasteiger partial charge in [-0.1, -0.05) is 0 Å². The molecule has 0 aromatic carbocycles. The van der Waals surface area contributed by atoms with Crippen molar-refractivity contribution in [3.63, 3.8) is 0 Å². The molecule has 0 bridgehead atoms. The first-order valence-corrected chi connectivity index (χ1v) is 7.10. The Balaban J connectivity index is 2.06. The van der Waals surface area contributed by atoms with Crippen molar-refractivity contribution in [3.05, 3.63) is 0 Å². The van der Waals surface area contributed by atoms with Gasteiger partial charge in [-0.2, -0.15) is 0 Å². The molecule has 0 aromatic heterocycles. The molecule has 88 valence electrons. The number of amides is 1. The predicted octanol–water partition coefficient (Wildman–Crippen LogP) is 0.143. The average molecular weight is 232 g/mol. The van der Waals surface area contributed by atoms with E-state index in [-0.39, 0.29) is 11.4 Å². The van der Waals surface area contributed by atoms with Crippen LogP contribution >= 0.6 is 0 Å². The second kappa shape index (κ2) is 5.61. The highest BCUT2D eigenvalue weighted by Crippen LogP contribution is 2.31. The maximum absolute atomic E-state index is 11.4. The van der Waals surface area contributed by atoms with Gasteiger partial charge in [0.15, 0.2) is 0 Å². The molecule has 1 aliphatic carbocycles. The van der Waals surface area contributed by atoms with E-state index >= 15 is 0 Å². The summed E-state index contributed by atoms with van der Waals surface area (Å²) in [4.78, 5) is 11.4. The van der Waals surface area contributed by atoms with Crippen LogP contribution in [0.15, 0.2) is 0 Å². The van der Waals surface area contributed by atoms with Crippen molar-refractivity contribution in [2.75, 3.05) is 18.6 Å². The van der Waals surface area contributed by atoms with Crippen LogP contribution in [-0.4, -0.2) is 34.2 Å². The quantitative estimate of drug-likeness (QED) is 0.640. The molecule has 3 N–H and O–H groups in total. The SMILES string of the molecule is CS(=O)CCCNC(=O)CC1(N)CCC1. The number of carbonyl (C=O) groups excluding carboxylic acids is 1. The second-order valence-electron chi connectivity index (χ2n) is 4.37. The molecule has 1 rings (SSSR count). The molecule has 1 saturated carbocycles. The van der Waals surface area contributed by atoms with Crippen molar-refractivity contribution >= 4 is 16.7 Å². The minimum atomic E-state index is -0.766. The van der Waals surface area contributed by atoms with Gasteiger partial charge in [0.1, 0.15) is 0 Å². The molecule has 1 unspecified atom stereocenters. The van der Waals surface area contributed by atoms with Gasteiger partial charge < -0.3 is 11.1 Å². The van der Waals surface area contributed by atoms with Crippen LogP contribution in [0.4, 0.5) is 0 Å². The molecule has 0 radical (unpaired) electrons. The van der Waals surface area contributed by atoms with E-state index in [2.05, 4.69) is 5.32 Å². The molecule has 1 amide bonds. The summed E-state index contributed by atoms with van der Waals surface area (Å²) in [7, 11) is -0.766. The number of nitrogens with two attached hydrogens (primary N) is 1. The van der Waals surface area contributed by atoms with Crippen LogP contribution in [0.1, 0.15) is 32.1 Å². The molecule has 1 aliphatic rings. The molecule has 5 heteroatoms. The van der Waals surface area contributed by atoms with Crippen molar-refractivity contribution in [1.29, 1.82) is 0 Å². The summed E-state index contributed by atoms with van der Waals surface area (Å²) in [5.41, 5.74) is 5.71. The number of rotatable bonds is 6. The van der Waals surface area contributed by atoms with Crippen LogP contribution in [0, 0.1) is 0 Å². The summed E-state index contributed by atoms with van der Waals surface area (Å²) < 4.78 is 10.8. The Bertz CT molecular complexity index is 252. The predicted molar refractivity (Wildman–Crippen MR) is 61.9 cm³/mol. The Hall–Kier alpha value is -0.420. The third kappa shape index (κ3) is 4.75. The van der Waals surface area contributed by atoms with Gasteiger partial charge in [0.25, 0.3) is 0 Å². The molecule has 0 aliphatic heterocycles. The van der Waals surface area contributed by atoms with Gasteiger partial charge in [-0.15, -0.1) is 0 Å². The van der Waals surface area contributed by atoms with Crippen molar-refractivity contribution in [3.8, 4) is 0 Å². The summed E-state index contributed by atoms with van der Waals surface area (Å²) in [6.45, 7) is 0.606. The first-order valence-electron chi connectivity index (χ1n) is 5.37. The lowest BCUT2D eigenvalue weighted by atomic mass is 9.75. The van der Waals surface area contributed by atoms with Crippen molar-refractivity contribution in [2.45, 2.75) is 37.6 Å². The first-order chi connectivity index (χ1) is 7.02. The Morgan fingerprint density at radius 1 is 1.53 bits per heavy atom. The molecule has 0 heterocycles. The van der Waals surface area contributed by atoms with Gasteiger partial charge in [-0.05, 0) is 25.7 Å². The van der Waals surface area contributed by atoms with E-state index in [4.69, 9.17) is 5.73 Å². The Labute approximate surface area is 93.4 Å². The molecular formula is C10H20N2O2S. The van der Waals surface area contributed by atoms with E-state index in [9.17, 15) is 9.00 Å². The van der Waals surface area contributed by atoms with E-state index in [0.29, 0.717) is 18.7 Å². The van der Waals surface area contributed by atoms with E-state index in [1.807, 2.05) is 0 Å². The fraction of sp³-hybridized carbons (Fsp3) is 0.900. The minimum Gasteiger partial charge on any atom is -0.356 e. The fourth-order valence-electron chi connectivity index (χ4n) is 1.69. The van der Waals surface area contributed by atoms with Crippen LogP contribution < -0.4 is 11.1 Å². The van der Waals surface area contributed by atoms with Crippen molar-refractivity contribution < 1.29 is 9.00 Å². The largest absolute Gasteiger partial charge is 0.356 e. The standard InChI is InChI=1S/C10H20N2O2S/c1-15(14)7-3-6-12-9(13)8-10(11)4-2-5-10/h2-8,11H2,1H3,(H,12,13). The second-order valence-corrected chi connectivity index (χ2v) is 5.93. The van der Waals surface area contributed by atoms with E-state index < -0.39 is 10.8 Å². The molecule has 1 fully saturated rings. The van der Waals surface area contributed by atoms with Gasteiger partial charge in [0, 0.05) is 41.3 Å². The molecular weight excluding hydrogens is 212 g/mol. The topological polar surface area (TPSA) is 72.2 Å². The summed E-state index contributed by atoms with van der Waals surface area (Å²) in [5.74, 6) is 0.674. The van der Waals surface area contributed by atoms with Gasteiger partial charge in [0.05, 0.1) is 0 Å². The van der Waals surface area contributed by atoms with Crippen LogP contribution in [0.25, 0.3) is 0 Å².